The summed E-state index contributed by atoms with van der Waals surface area (Å²) in [6, 6.07) is 17.6. The molecule has 0 aliphatic carbocycles. The molecule has 0 saturated heterocycles. The number of rotatable bonds is 6. The van der Waals surface area contributed by atoms with Gasteiger partial charge in [-0.25, -0.2) is 9.97 Å². The number of aryl methyl sites for hydroxylation is 2. The zero-order valence-electron chi connectivity index (χ0n) is 15.8. The molecule has 0 aliphatic rings. The average molecular weight is 388 g/mol. The van der Waals surface area contributed by atoms with Crippen LogP contribution in [-0.2, 0) is 4.79 Å². The van der Waals surface area contributed by atoms with Crippen molar-refractivity contribution < 1.29 is 4.79 Å². The fraction of sp³-hybridized carbons (Fsp3) is 0.182. The first-order chi connectivity index (χ1) is 13.5. The molecular formula is C22H20N4OS. The molecular weight excluding hydrogens is 368 g/mol. The van der Waals surface area contributed by atoms with E-state index in [0.29, 0.717) is 28.6 Å². The second kappa shape index (κ2) is 9.16. The number of nitriles is 1. The number of carbonyl (C=O) groups is 1. The van der Waals surface area contributed by atoms with Gasteiger partial charge in [0.05, 0.1) is 11.3 Å². The summed E-state index contributed by atoms with van der Waals surface area (Å²) in [6.07, 6.45) is 2.02. The van der Waals surface area contributed by atoms with Crippen LogP contribution in [0.4, 0.5) is 5.82 Å². The van der Waals surface area contributed by atoms with Crippen LogP contribution in [0.25, 0.3) is 11.3 Å². The lowest BCUT2D eigenvalue weighted by molar-refractivity contribution is -0.115. The summed E-state index contributed by atoms with van der Waals surface area (Å²) in [4.78, 5) is 20.9. The van der Waals surface area contributed by atoms with E-state index in [9.17, 15) is 10.1 Å². The molecule has 2 aromatic heterocycles. The topological polar surface area (TPSA) is 78.7 Å². The highest BCUT2D eigenvalue weighted by Gasteiger charge is 2.10. The predicted octanol–water partition coefficient (Wildman–Crippen LogP) is 4.75. The molecule has 0 spiro atoms. The number of hydrogen-bond acceptors (Lipinski definition) is 5. The number of benzene rings is 1. The number of carbonyl (C=O) groups excluding carboxylic acids is 1. The molecule has 3 rings (SSSR count). The molecule has 0 atom stereocenters. The van der Waals surface area contributed by atoms with Gasteiger partial charge in [0, 0.05) is 23.9 Å². The number of aromatic nitrogens is 2. The summed E-state index contributed by atoms with van der Waals surface area (Å²) in [6.45, 7) is 3.98. The molecule has 3 aromatic rings. The Kier molecular flexibility index (Phi) is 6.41. The Balaban J connectivity index is 1.63. The van der Waals surface area contributed by atoms with Crippen molar-refractivity contribution in [2.45, 2.75) is 25.3 Å². The number of anilines is 1. The second-order valence-electron chi connectivity index (χ2n) is 6.39. The fourth-order valence-electron chi connectivity index (χ4n) is 2.51. The number of amides is 1. The van der Waals surface area contributed by atoms with E-state index in [4.69, 9.17) is 0 Å². The van der Waals surface area contributed by atoms with Gasteiger partial charge in [0.25, 0.3) is 0 Å². The number of thioether (sulfide) groups is 1. The maximum atomic E-state index is 12.1. The Hall–Kier alpha value is -3.17. The minimum Gasteiger partial charge on any atom is -0.311 e. The van der Waals surface area contributed by atoms with Crippen molar-refractivity contribution >= 4 is 23.5 Å². The number of hydrogen-bond donors (Lipinski definition) is 1. The van der Waals surface area contributed by atoms with Crippen LogP contribution in [0.2, 0.25) is 0 Å². The molecule has 1 amide bonds. The third-order valence-electron chi connectivity index (χ3n) is 4.07. The zero-order valence-corrected chi connectivity index (χ0v) is 16.6. The van der Waals surface area contributed by atoms with Crippen molar-refractivity contribution in [3.05, 3.63) is 71.4 Å². The van der Waals surface area contributed by atoms with E-state index in [1.165, 1.54) is 17.3 Å². The summed E-state index contributed by atoms with van der Waals surface area (Å²) >= 11 is 1.41. The van der Waals surface area contributed by atoms with Gasteiger partial charge in [-0.3, -0.25) is 4.79 Å². The normalized spacial score (nSPS) is 10.3. The molecule has 2 heterocycles. The smallest absolute Gasteiger partial charge is 0.226 e. The van der Waals surface area contributed by atoms with Gasteiger partial charge in [-0.05, 0) is 37.6 Å². The lowest BCUT2D eigenvalue weighted by Gasteiger charge is -2.08. The van der Waals surface area contributed by atoms with Crippen molar-refractivity contribution in [3.8, 4) is 17.3 Å². The molecule has 1 aromatic carbocycles. The van der Waals surface area contributed by atoms with Crippen LogP contribution in [0.5, 0.6) is 0 Å². The molecule has 5 nitrogen and oxygen atoms in total. The monoisotopic (exact) mass is 388 g/mol. The van der Waals surface area contributed by atoms with E-state index < -0.39 is 0 Å². The fourth-order valence-corrected chi connectivity index (χ4v) is 3.42. The lowest BCUT2D eigenvalue weighted by atomic mass is 10.1. The molecule has 140 valence electrons. The molecule has 0 bridgehead atoms. The van der Waals surface area contributed by atoms with Crippen LogP contribution in [-0.4, -0.2) is 21.6 Å². The van der Waals surface area contributed by atoms with Crippen LogP contribution in [0, 0.1) is 25.2 Å². The largest absolute Gasteiger partial charge is 0.311 e. The number of nitrogens with one attached hydrogen (secondary N) is 1. The first kappa shape index (κ1) is 19.6. The Bertz CT molecular complexity index is 1010. The maximum Gasteiger partial charge on any atom is 0.226 e. The molecule has 28 heavy (non-hydrogen) atoms. The van der Waals surface area contributed by atoms with E-state index in [2.05, 4.69) is 21.4 Å². The van der Waals surface area contributed by atoms with Gasteiger partial charge < -0.3 is 5.32 Å². The molecule has 0 saturated carbocycles. The highest BCUT2D eigenvalue weighted by molar-refractivity contribution is 7.99. The minimum atomic E-state index is -0.114. The summed E-state index contributed by atoms with van der Waals surface area (Å²) in [5.41, 5.74) is 4.55. The highest BCUT2D eigenvalue weighted by atomic mass is 32.2. The minimum absolute atomic E-state index is 0.114. The van der Waals surface area contributed by atoms with Crippen LogP contribution >= 0.6 is 11.8 Å². The van der Waals surface area contributed by atoms with Gasteiger partial charge in [0.15, 0.2) is 0 Å². The van der Waals surface area contributed by atoms with Gasteiger partial charge in [-0.15, -0.1) is 11.8 Å². The Morgan fingerprint density at radius 1 is 1.07 bits per heavy atom. The van der Waals surface area contributed by atoms with Crippen molar-refractivity contribution in [1.29, 1.82) is 5.26 Å². The van der Waals surface area contributed by atoms with E-state index in [0.717, 1.165) is 16.8 Å². The van der Waals surface area contributed by atoms with Gasteiger partial charge in [-0.1, -0.05) is 35.9 Å². The number of pyridine rings is 2. The summed E-state index contributed by atoms with van der Waals surface area (Å²) < 4.78 is 0. The zero-order chi connectivity index (χ0) is 19.9. The molecule has 1 N–H and O–H groups in total. The Morgan fingerprint density at radius 2 is 1.82 bits per heavy atom. The molecule has 0 radical (unpaired) electrons. The number of nitrogens with zero attached hydrogens (tertiary/aromatic N) is 3. The predicted molar refractivity (Wildman–Crippen MR) is 112 cm³/mol. The molecule has 0 aliphatic heterocycles. The van der Waals surface area contributed by atoms with E-state index in [-0.39, 0.29) is 5.91 Å². The second-order valence-corrected chi connectivity index (χ2v) is 7.48. The van der Waals surface area contributed by atoms with E-state index >= 15 is 0 Å². The first-order valence-corrected chi connectivity index (χ1v) is 9.87. The highest BCUT2D eigenvalue weighted by Crippen LogP contribution is 2.26. The quantitative estimate of drug-likeness (QED) is 0.616. The third kappa shape index (κ3) is 5.18. The molecule has 0 unspecified atom stereocenters. The maximum absolute atomic E-state index is 12.1. The SMILES string of the molecule is Cc1ccc(-c2ccc(C#N)c(SCCC(=O)Nc3ccc(C)cn3)n2)cc1. The first-order valence-electron chi connectivity index (χ1n) is 8.88. The van der Waals surface area contributed by atoms with Crippen molar-refractivity contribution in [3.63, 3.8) is 0 Å². The van der Waals surface area contributed by atoms with Crippen LogP contribution < -0.4 is 5.32 Å². The lowest BCUT2D eigenvalue weighted by Crippen LogP contribution is -2.13. The van der Waals surface area contributed by atoms with Gasteiger partial charge >= 0.3 is 0 Å². The van der Waals surface area contributed by atoms with Crippen LogP contribution in [0.15, 0.2) is 59.8 Å². The van der Waals surface area contributed by atoms with Crippen LogP contribution in [0.3, 0.4) is 0 Å². The Morgan fingerprint density at radius 3 is 2.50 bits per heavy atom. The summed E-state index contributed by atoms with van der Waals surface area (Å²) in [5, 5.41) is 12.8. The van der Waals surface area contributed by atoms with Crippen molar-refractivity contribution in [2.24, 2.45) is 0 Å². The summed E-state index contributed by atoms with van der Waals surface area (Å²) in [7, 11) is 0. The van der Waals surface area contributed by atoms with E-state index in [1.54, 1.807) is 18.3 Å². The van der Waals surface area contributed by atoms with Gasteiger partial charge in [0.1, 0.15) is 16.9 Å². The average Bonchev–Trinajstić information content (AvgIpc) is 2.70. The van der Waals surface area contributed by atoms with Crippen molar-refractivity contribution in [2.75, 3.05) is 11.1 Å². The molecule has 6 heteroatoms. The third-order valence-corrected chi connectivity index (χ3v) is 5.07. The van der Waals surface area contributed by atoms with Gasteiger partial charge in [0.2, 0.25) is 5.91 Å². The Labute approximate surface area is 168 Å². The molecule has 0 fully saturated rings. The van der Waals surface area contributed by atoms with E-state index in [1.807, 2.05) is 50.2 Å². The van der Waals surface area contributed by atoms with Crippen LogP contribution in [0.1, 0.15) is 23.1 Å². The van der Waals surface area contributed by atoms with Gasteiger partial charge in [-0.2, -0.15) is 5.26 Å². The standard InChI is InChI=1S/C22H20N4OS/c1-15-3-6-17(7-4-15)19-9-8-18(13-23)22(25-19)28-12-11-21(27)26-20-10-5-16(2)14-24-20/h3-10,14H,11-12H2,1-2H3,(H,24,26,27). The van der Waals surface area contributed by atoms with Crippen molar-refractivity contribution in [1.82, 2.24) is 9.97 Å². The summed E-state index contributed by atoms with van der Waals surface area (Å²) in [5.74, 6) is 0.950.